The Balaban J connectivity index is 2.25. The first-order chi connectivity index (χ1) is 8.37. The van der Waals surface area contributed by atoms with E-state index in [2.05, 4.69) is 0 Å². The Morgan fingerprint density at radius 1 is 1.39 bits per heavy atom. The summed E-state index contributed by atoms with van der Waals surface area (Å²) in [6.07, 6.45) is 2.88. The SMILES string of the molecule is CC(C)(C)OC(=O)C1CCCc2cc(N)ccc21. The number of carbonyl (C=O) groups excluding carboxylic acids is 1. The second kappa shape index (κ2) is 4.63. The fraction of sp³-hybridized carbons (Fsp3) is 0.533. The number of aryl methyl sites for hydroxylation is 1. The molecule has 0 bridgehead atoms. The zero-order valence-electron chi connectivity index (χ0n) is 11.3. The fourth-order valence-electron chi connectivity index (χ4n) is 2.45. The molecule has 0 fully saturated rings. The molecule has 0 spiro atoms. The Kier molecular flexibility index (Phi) is 3.33. The van der Waals surface area contributed by atoms with Gasteiger partial charge in [-0.3, -0.25) is 4.79 Å². The van der Waals surface area contributed by atoms with Gasteiger partial charge < -0.3 is 10.5 Å². The lowest BCUT2D eigenvalue weighted by atomic mass is 9.82. The summed E-state index contributed by atoms with van der Waals surface area (Å²) in [6, 6.07) is 5.81. The van der Waals surface area contributed by atoms with Crippen LogP contribution in [0.5, 0.6) is 0 Å². The van der Waals surface area contributed by atoms with E-state index in [-0.39, 0.29) is 11.9 Å². The lowest BCUT2D eigenvalue weighted by Gasteiger charge is -2.28. The van der Waals surface area contributed by atoms with Crippen molar-refractivity contribution in [1.29, 1.82) is 0 Å². The number of hydrogen-bond acceptors (Lipinski definition) is 3. The largest absolute Gasteiger partial charge is 0.459 e. The molecule has 1 unspecified atom stereocenters. The van der Waals surface area contributed by atoms with E-state index in [1.165, 1.54) is 5.56 Å². The first kappa shape index (κ1) is 12.9. The number of anilines is 1. The van der Waals surface area contributed by atoms with Crippen molar-refractivity contribution in [3.05, 3.63) is 29.3 Å². The Morgan fingerprint density at radius 3 is 2.78 bits per heavy atom. The minimum absolute atomic E-state index is 0.117. The molecule has 0 amide bonds. The standard InChI is InChI=1S/C15H21NO2/c1-15(2,3)18-14(17)13-6-4-5-10-9-11(16)7-8-12(10)13/h7-9,13H,4-6,16H2,1-3H3. The van der Waals surface area contributed by atoms with Gasteiger partial charge in [-0.2, -0.15) is 0 Å². The van der Waals surface area contributed by atoms with Crippen LogP contribution in [0.4, 0.5) is 5.69 Å². The van der Waals surface area contributed by atoms with E-state index >= 15 is 0 Å². The zero-order valence-corrected chi connectivity index (χ0v) is 11.3. The molecule has 2 N–H and O–H groups in total. The molecule has 18 heavy (non-hydrogen) atoms. The second-order valence-electron chi connectivity index (χ2n) is 5.94. The topological polar surface area (TPSA) is 52.3 Å². The highest BCUT2D eigenvalue weighted by Gasteiger charge is 2.30. The van der Waals surface area contributed by atoms with Gasteiger partial charge in [-0.25, -0.2) is 0 Å². The van der Waals surface area contributed by atoms with Gasteiger partial charge in [0.1, 0.15) is 5.60 Å². The fourth-order valence-corrected chi connectivity index (χ4v) is 2.45. The minimum Gasteiger partial charge on any atom is -0.459 e. The third-order valence-corrected chi connectivity index (χ3v) is 3.17. The molecule has 1 aromatic carbocycles. The van der Waals surface area contributed by atoms with Gasteiger partial charge >= 0.3 is 5.97 Å². The first-order valence-corrected chi connectivity index (χ1v) is 6.48. The van der Waals surface area contributed by atoms with Crippen LogP contribution in [-0.4, -0.2) is 11.6 Å². The summed E-state index contributed by atoms with van der Waals surface area (Å²) in [5.41, 5.74) is 8.40. The van der Waals surface area contributed by atoms with Crippen LogP contribution in [-0.2, 0) is 16.0 Å². The quantitative estimate of drug-likeness (QED) is 0.613. The number of carbonyl (C=O) groups is 1. The highest BCUT2D eigenvalue weighted by atomic mass is 16.6. The predicted octanol–water partition coefficient (Wildman–Crippen LogP) is 3.03. The van der Waals surface area contributed by atoms with E-state index < -0.39 is 5.60 Å². The molecule has 2 rings (SSSR count). The summed E-state index contributed by atoms with van der Waals surface area (Å²) in [6.45, 7) is 5.70. The van der Waals surface area contributed by atoms with Gasteiger partial charge in [0.05, 0.1) is 5.92 Å². The third-order valence-electron chi connectivity index (χ3n) is 3.17. The molecular weight excluding hydrogens is 226 g/mol. The van der Waals surface area contributed by atoms with E-state index in [9.17, 15) is 4.79 Å². The Labute approximate surface area is 108 Å². The Hall–Kier alpha value is -1.51. The van der Waals surface area contributed by atoms with Crippen molar-refractivity contribution in [1.82, 2.24) is 0 Å². The zero-order chi connectivity index (χ0) is 13.3. The maximum absolute atomic E-state index is 12.2. The first-order valence-electron chi connectivity index (χ1n) is 6.48. The Morgan fingerprint density at radius 2 is 2.11 bits per heavy atom. The van der Waals surface area contributed by atoms with E-state index in [4.69, 9.17) is 10.5 Å². The van der Waals surface area contributed by atoms with Gasteiger partial charge in [0.15, 0.2) is 0 Å². The lowest BCUT2D eigenvalue weighted by Crippen LogP contribution is -2.29. The van der Waals surface area contributed by atoms with Crippen molar-refractivity contribution in [3.63, 3.8) is 0 Å². The average Bonchev–Trinajstić information content (AvgIpc) is 2.25. The molecule has 0 saturated carbocycles. The van der Waals surface area contributed by atoms with Crippen molar-refractivity contribution in [2.24, 2.45) is 0 Å². The summed E-state index contributed by atoms with van der Waals surface area (Å²) in [5.74, 6) is -0.248. The van der Waals surface area contributed by atoms with Crippen molar-refractivity contribution < 1.29 is 9.53 Å². The highest BCUT2D eigenvalue weighted by molar-refractivity contribution is 5.79. The van der Waals surface area contributed by atoms with E-state index in [1.54, 1.807) is 0 Å². The summed E-state index contributed by atoms with van der Waals surface area (Å²) in [5, 5.41) is 0. The molecule has 1 aromatic rings. The number of rotatable bonds is 1. The maximum atomic E-state index is 12.2. The number of benzene rings is 1. The minimum atomic E-state index is -0.428. The van der Waals surface area contributed by atoms with Crippen molar-refractivity contribution in [2.75, 3.05) is 5.73 Å². The molecule has 0 aromatic heterocycles. The van der Waals surface area contributed by atoms with Crippen LogP contribution in [0.15, 0.2) is 18.2 Å². The van der Waals surface area contributed by atoms with Gasteiger partial charge in [0.25, 0.3) is 0 Å². The monoisotopic (exact) mass is 247 g/mol. The Bertz CT molecular complexity index is 460. The van der Waals surface area contributed by atoms with Gasteiger partial charge in [-0.15, -0.1) is 0 Å². The molecule has 1 aliphatic carbocycles. The normalized spacial score (nSPS) is 19.2. The van der Waals surface area contributed by atoms with Gasteiger partial charge in [-0.05, 0) is 63.3 Å². The smallest absolute Gasteiger partial charge is 0.313 e. The molecule has 0 radical (unpaired) electrons. The number of fused-ring (bicyclic) bond motifs is 1. The molecular formula is C15H21NO2. The van der Waals surface area contributed by atoms with Gasteiger partial charge in [0, 0.05) is 5.69 Å². The number of nitrogens with two attached hydrogens (primary N) is 1. The van der Waals surface area contributed by atoms with Gasteiger partial charge in [0.2, 0.25) is 0 Å². The summed E-state index contributed by atoms with van der Waals surface area (Å²) in [7, 11) is 0. The summed E-state index contributed by atoms with van der Waals surface area (Å²) < 4.78 is 5.49. The number of hydrogen-bond donors (Lipinski definition) is 1. The maximum Gasteiger partial charge on any atom is 0.313 e. The second-order valence-corrected chi connectivity index (χ2v) is 5.94. The molecule has 0 aliphatic heterocycles. The highest BCUT2D eigenvalue weighted by Crippen LogP contribution is 2.34. The third kappa shape index (κ3) is 2.84. The van der Waals surface area contributed by atoms with E-state index in [1.807, 2.05) is 39.0 Å². The summed E-state index contributed by atoms with van der Waals surface area (Å²) in [4.78, 5) is 12.2. The van der Waals surface area contributed by atoms with Crippen molar-refractivity contribution in [3.8, 4) is 0 Å². The predicted molar refractivity (Wildman–Crippen MR) is 72.4 cm³/mol. The van der Waals surface area contributed by atoms with Crippen LogP contribution in [0.2, 0.25) is 0 Å². The number of nitrogen functional groups attached to an aromatic ring is 1. The molecule has 0 heterocycles. The van der Waals surface area contributed by atoms with Crippen LogP contribution >= 0.6 is 0 Å². The summed E-state index contributed by atoms with van der Waals surface area (Å²) >= 11 is 0. The molecule has 3 nitrogen and oxygen atoms in total. The molecule has 1 aliphatic rings. The lowest BCUT2D eigenvalue weighted by molar-refractivity contribution is -0.157. The van der Waals surface area contributed by atoms with Crippen LogP contribution in [0, 0.1) is 0 Å². The molecule has 1 atom stereocenters. The molecule has 0 saturated heterocycles. The van der Waals surface area contributed by atoms with Crippen LogP contribution in [0.25, 0.3) is 0 Å². The van der Waals surface area contributed by atoms with Crippen molar-refractivity contribution >= 4 is 11.7 Å². The van der Waals surface area contributed by atoms with Crippen LogP contribution in [0.3, 0.4) is 0 Å². The van der Waals surface area contributed by atoms with Crippen LogP contribution < -0.4 is 5.73 Å². The van der Waals surface area contributed by atoms with Crippen LogP contribution in [0.1, 0.15) is 50.7 Å². The van der Waals surface area contributed by atoms with E-state index in [0.29, 0.717) is 0 Å². The molecule has 98 valence electrons. The number of esters is 1. The van der Waals surface area contributed by atoms with E-state index in [0.717, 1.165) is 30.5 Å². The van der Waals surface area contributed by atoms with Crippen molar-refractivity contribution in [2.45, 2.75) is 51.6 Å². The average molecular weight is 247 g/mol. The number of ether oxygens (including phenoxy) is 1. The van der Waals surface area contributed by atoms with Gasteiger partial charge in [-0.1, -0.05) is 6.07 Å². The molecule has 3 heteroatoms.